The second-order valence-electron chi connectivity index (χ2n) is 7.61. The molecule has 0 spiro atoms. The first-order chi connectivity index (χ1) is 15.2. The average molecular weight is 421 g/mol. The number of hydrogen-bond acceptors (Lipinski definition) is 6. The molecular formula is C24H27N3O4. The van der Waals surface area contributed by atoms with Gasteiger partial charge in [-0.2, -0.15) is 4.98 Å². The third kappa shape index (κ3) is 4.77. The Morgan fingerprint density at radius 2 is 1.94 bits per heavy atom. The number of ether oxygens (including phenoxy) is 2. The van der Waals surface area contributed by atoms with Crippen molar-refractivity contribution in [3.63, 3.8) is 0 Å². The van der Waals surface area contributed by atoms with E-state index in [4.69, 9.17) is 14.0 Å². The molecule has 1 saturated heterocycles. The molecule has 1 unspecified atom stereocenters. The van der Waals surface area contributed by atoms with Gasteiger partial charge in [-0.25, -0.2) is 0 Å². The van der Waals surface area contributed by atoms with Crippen LogP contribution in [-0.4, -0.2) is 48.3 Å². The van der Waals surface area contributed by atoms with E-state index < -0.39 is 0 Å². The lowest BCUT2D eigenvalue weighted by Gasteiger charge is -2.33. The molecule has 1 atom stereocenters. The van der Waals surface area contributed by atoms with Gasteiger partial charge in [-0.05, 0) is 54.7 Å². The predicted molar refractivity (Wildman–Crippen MR) is 116 cm³/mol. The van der Waals surface area contributed by atoms with Crippen molar-refractivity contribution in [3.05, 3.63) is 65.8 Å². The van der Waals surface area contributed by atoms with Crippen LogP contribution in [-0.2, 0) is 11.2 Å². The minimum atomic E-state index is -0.203. The summed E-state index contributed by atoms with van der Waals surface area (Å²) < 4.78 is 15.9. The van der Waals surface area contributed by atoms with Crippen molar-refractivity contribution in [1.29, 1.82) is 0 Å². The van der Waals surface area contributed by atoms with Crippen molar-refractivity contribution in [3.8, 4) is 16.9 Å². The molecule has 2 aromatic carbocycles. The summed E-state index contributed by atoms with van der Waals surface area (Å²) in [7, 11) is 3.29. The van der Waals surface area contributed by atoms with E-state index in [1.54, 1.807) is 14.2 Å². The number of likely N-dealkylation sites (tertiary alicyclic amines) is 1. The van der Waals surface area contributed by atoms with Crippen molar-refractivity contribution in [2.24, 2.45) is 0 Å². The van der Waals surface area contributed by atoms with Gasteiger partial charge in [-0.3, -0.25) is 4.79 Å². The van der Waals surface area contributed by atoms with Crippen LogP contribution < -0.4 is 4.74 Å². The van der Waals surface area contributed by atoms with Gasteiger partial charge in [0.05, 0.1) is 13.7 Å². The first-order valence-electron chi connectivity index (χ1n) is 10.6. The van der Waals surface area contributed by atoms with Gasteiger partial charge in [0.25, 0.3) is 5.91 Å². The van der Waals surface area contributed by atoms with E-state index in [1.165, 1.54) is 0 Å². The molecule has 31 heavy (non-hydrogen) atoms. The summed E-state index contributed by atoms with van der Waals surface area (Å²) in [5.74, 6) is 1.87. The Morgan fingerprint density at radius 1 is 1.13 bits per heavy atom. The number of rotatable bonds is 7. The van der Waals surface area contributed by atoms with Gasteiger partial charge < -0.3 is 18.9 Å². The molecule has 2 heterocycles. The molecule has 1 aliphatic rings. The highest BCUT2D eigenvalue weighted by molar-refractivity contribution is 5.95. The summed E-state index contributed by atoms with van der Waals surface area (Å²) >= 11 is 0. The van der Waals surface area contributed by atoms with Gasteiger partial charge in [0.1, 0.15) is 11.8 Å². The first kappa shape index (κ1) is 21.1. The summed E-state index contributed by atoms with van der Waals surface area (Å²) in [6, 6.07) is 15.3. The van der Waals surface area contributed by atoms with Gasteiger partial charge >= 0.3 is 0 Å². The van der Waals surface area contributed by atoms with E-state index in [0.29, 0.717) is 36.9 Å². The molecule has 0 aliphatic carbocycles. The van der Waals surface area contributed by atoms with E-state index in [0.717, 1.165) is 36.1 Å². The van der Waals surface area contributed by atoms with E-state index >= 15 is 0 Å². The van der Waals surface area contributed by atoms with Crippen LogP contribution in [0.1, 0.15) is 47.4 Å². The summed E-state index contributed by atoms with van der Waals surface area (Å²) in [5.41, 5.74) is 2.62. The Hall–Kier alpha value is -3.19. The molecule has 1 aliphatic heterocycles. The summed E-state index contributed by atoms with van der Waals surface area (Å²) in [5, 5.41) is 4.05. The molecule has 3 aromatic rings. The molecule has 0 bridgehead atoms. The Morgan fingerprint density at radius 3 is 2.74 bits per heavy atom. The topological polar surface area (TPSA) is 77.7 Å². The van der Waals surface area contributed by atoms with Crippen LogP contribution in [0.2, 0.25) is 0 Å². The number of carbonyl (C=O) groups is 1. The smallest absolute Gasteiger partial charge is 0.254 e. The Bertz CT molecular complexity index is 1030. The number of benzene rings is 2. The number of nitrogens with zero attached hydrogens (tertiary/aromatic N) is 3. The van der Waals surface area contributed by atoms with Crippen molar-refractivity contribution in [2.45, 2.75) is 31.7 Å². The number of carbonyl (C=O) groups excluding carboxylic acids is 1. The molecular weight excluding hydrogens is 394 g/mol. The number of piperidine rings is 1. The zero-order chi connectivity index (χ0) is 21.6. The lowest BCUT2D eigenvalue weighted by Crippen LogP contribution is -2.38. The minimum Gasteiger partial charge on any atom is -0.497 e. The maximum atomic E-state index is 13.5. The van der Waals surface area contributed by atoms with Crippen LogP contribution in [0.5, 0.6) is 5.75 Å². The highest BCUT2D eigenvalue weighted by Gasteiger charge is 2.32. The molecule has 4 rings (SSSR count). The van der Waals surface area contributed by atoms with Crippen LogP contribution in [0.3, 0.4) is 0 Å². The third-order valence-corrected chi connectivity index (χ3v) is 5.57. The third-order valence-electron chi connectivity index (χ3n) is 5.57. The largest absolute Gasteiger partial charge is 0.497 e. The van der Waals surface area contributed by atoms with E-state index in [9.17, 15) is 4.79 Å². The first-order valence-corrected chi connectivity index (χ1v) is 10.6. The number of amides is 1. The van der Waals surface area contributed by atoms with Gasteiger partial charge in [0.15, 0.2) is 5.82 Å². The van der Waals surface area contributed by atoms with Crippen LogP contribution in [0, 0.1) is 0 Å². The number of aromatic nitrogens is 2. The van der Waals surface area contributed by atoms with Crippen molar-refractivity contribution in [2.75, 3.05) is 27.4 Å². The molecule has 0 radical (unpaired) electrons. The molecule has 0 N–H and O–H groups in total. The predicted octanol–water partition coefficient (Wildman–Crippen LogP) is 4.30. The fourth-order valence-corrected chi connectivity index (χ4v) is 3.93. The fourth-order valence-electron chi connectivity index (χ4n) is 3.93. The lowest BCUT2D eigenvalue weighted by atomic mass is 9.98. The van der Waals surface area contributed by atoms with Crippen molar-refractivity contribution < 1.29 is 18.8 Å². The number of hydrogen-bond donors (Lipinski definition) is 0. The maximum Gasteiger partial charge on any atom is 0.254 e. The SMILES string of the molecule is COCCc1noc(C2CCCCN2C(=O)c2cccc(-c3cccc(OC)c3)c2)n1. The van der Waals surface area contributed by atoms with E-state index in [-0.39, 0.29) is 11.9 Å². The second kappa shape index (κ2) is 9.75. The normalized spacial score (nSPS) is 16.3. The van der Waals surface area contributed by atoms with E-state index in [2.05, 4.69) is 10.1 Å². The molecule has 162 valence electrons. The van der Waals surface area contributed by atoms with Crippen LogP contribution in [0.4, 0.5) is 0 Å². The van der Waals surface area contributed by atoms with Crippen molar-refractivity contribution in [1.82, 2.24) is 15.0 Å². The minimum absolute atomic E-state index is 0.0221. The van der Waals surface area contributed by atoms with Gasteiger partial charge in [0.2, 0.25) is 5.89 Å². The molecule has 7 heteroatoms. The summed E-state index contributed by atoms with van der Waals surface area (Å²) in [6.45, 7) is 1.20. The quantitative estimate of drug-likeness (QED) is 0.566. The maximum absolute atomic E-state index is 13.5. The molecule has 1 aromatic heterocycles. The van der Waals surface area contributed by atoms with Crippen LogP contribution >= 0.6 is 0 Å². The zero-order valence-corrected chi connectivity index (χ0v) is 17.9. The fraction of sp³-hybridized carbons (Fsp3) is 0.375. The standard InChI is InChI=1S/C24H27N3O4/c1-29-14-12-22-25-23(31-26-22)21-11-3-4-13-27(21)24(28)19-9-5-7-17(15-19)18-8-6-10-20(16-18)30-2/h5-10,15-16,21H,3-4,11-14H2,1-2H3. The van der Waals surface area contributed by atoms with Crippen molar-refractivity contribution >= 4 is 5.91 Å². The molecule has 1 amide bonds. The Labute approximate surface area is 182 Å². The van der Waals surface area contributed by atoms with Crippen LogP contribution in [0.15, 0.2) is 53.1 Å². The van der Waals surface area contributed by atoms with Gasteiger partial charge in [-0.1, -0.05) is 29.4 Å². The Kier molecular flexibility index (Phi) is 6.62. The monoisotopic (exact) mass is 421 g/mol. The highest BCUT2D eigenvalue weighted by atomic mass is 16.5. The summed E-state index contributed by atoms with van der Waals surface area (Å²) in [6.07, 6.45) is 3.38. The summed E-state index contributed by atoms with van der Waals surface area (Å²) in [4.78, 5) is 19.8. The second-order valence-corrected chi connectivity index (χ2v) is 7.61. The molecule has 0 saturated carbocycles. The lowest BCUT2D eigenvalue weighted by molar-refractivity contribution is 0.0561. The van der Waals surface area contributed by atoms with Crippen LogP contribution in [0.25, 0.3) is 11.1 Å². The molecule has 7 nitrogen and oxygen atoms in total. The Balaban J connectivity index is 1.57. The average Bonchev–Trinajstić information content (AvgIpc) is 3.31. The number of methoxy groups -OCH3 is 2. The van der Waals surface area contributed by atoms with Gasteiger partial charge in [0, 0.05) is 25.6 Å². The van der Waals surface area contributed by atoms with E-state index in [1.807, 2.05) is 53.4 Å². The highest BCUT2D eigenvalue weighted by Crippen LogP contribution is 2.32. The molecule has 1 fully saturated rings. The zero-order valence-electron chi connectivity index (χ0n) is 17.9. The van der Waals surface area contributed by atoms with Gasteiger partial charge in [-0.15, -0.1) is 0 Å².